The predicted molar refractivity (Wildman–Crippen MR) is 94.1 cm³/mol. The number of carbonyl (C=O) groups excluding carboxylic acids is 1. The van der Waals surface area contributed by atoms with Crippen LogP contribution >= 0.6 is 12.4 Å². The average molecular weight is 339 g/mol. The van der Waals surface area contributed by atoms with Crippen molar-refractivity contribution in [3.05, 3.63) is 29.8 Å². The van der Waals surface area contributed by atoms with E-state index in [2.05, 4.69) is 13.8 Å². The first-order valence-electron chi connectivity index (χ1n) is 8.32. The minimum atomic E-state index is 0. The monoisotopic (exact) mass is 338 g/mol. The number of nitrogens with zero attached hydrogens (tertiary/aromatic N) is 1. The largest absolute Gasteiger partial charge is 0.493 e. The van der Waals surface area contributed by atoms with Gasteiger partial charge < -0.3 is 15.4 Å². The molecule has 2 N–H and O–H groups in total. The molecule has 1 amide bonds. The van der Waals surface area contributed by atoms with E-state index in [0.717, 1.165) is 37.2 Å². The molecule has 1 saturated heterocycles. The van der Waals surface area contributed by atoms with Gasteiger partial charge in [-0.3, -0.25) is 4.79 Å². The van der Waals surface area contributed by atoms with E-state index in [1.54, 1.807) is 0 Å². The van der Waals surface area contributed by atoms with Crippen molar-refractivity contribution in [3.8, 4) is 5.75 Å². The van der Waals surface area contributed by atoms with Gasteiger partial charge in [0, 0.05) is 24.7 Å². The first-order chi connectivity index (χ1) is 10.5. The van der Waals surface area contributed by atoms with E-state index in [4.69, 9.17) is 10.5 Å². The summed E-state index contributed by atoms with van der Waals surface area (Å²) < 4.78 is 5.72. The summed E-state index contributed by atoms with van der Waals surface area (Å²) in [6.45, 7) is 6.55. The molecule has 0 aromatic heterocycles. The van der Waals surface area contributed by atoms with E-state index < -0.39 is 0 Å². The van der Waals surface area contributed by atoms with Gasteiger partial charge in [-0.1, -0.05) is 19.9 Å². The Morgan fingerprint density at radius 3 is 2.83 bits per heavy atom. The van der Waals surface area contributed by atoms with Crippen LogP contribution in [-0.4, -0.2) is 36.5 Å². The van der Waals surface area contributed by atoms with Gasteiger partial charge in [0.25, 0.3) is 5.91 Å². The lowest BCUT2D eigenvalue weighted by Crippen LogP contribution is -2.33. The molecule has 0 bridgehead atoms. The van der Waals surface area contributed by atoms with E-state index >= 15 is 0 Å². The van der Waals surface area contributed by atoms with Gasteiger partial charge in [0.15, 0.2) is 0 Å². The number of likely N-dealkylation sites (tertiary alicyclic amines) is 1. The number of rotatable bonds is 4. The number of hydrogen-bond donors (Lipinski definition) is 1. The molecule has 1 saturated carbocycles. The summed E-state index contributed by atoms with van der Waals surface area (Å²) in [5, 5.41) is 0. The lowest BCUT2D eigenvalue weighted by atomic mass is 9.98. The van der Waals surface area contributed by atoms with Gasteiger partial charge in [0.2, 0.25) is 0 Å². The molecule has 1 aromatic carbocycles. The van der Waals surface area contributed by atoms with Crippen molar-refractivity contribution < 1.29 is 9.53 Å². The lowest BCUT2D eigenvalue weighted by Gasteiger charge is -2.19. The van der Waals surface area contributed by atoms with Crippen LogP contribution in [0.2, 0.25) is 0 Å². The molecule has 1 heterocycles. The molecule has 4 nitrogen and oxygen atoms in total. The molecule has 1 aliphatic carbocycles. The third-order valence-electron chi connectivity index (χ3n) is 4.86. The van der Waals surface area contributed by atoms with Crippen molar-refractivity contribution in [2.75, 3.05) is 19.7 Å². The second-order valence-electron chi connectivity index (χ2n) is 7.11. The van der Waals surface area contributed by atoms with Gasteiger partial charge in [-0.2, -0.15) is 0 Å². The van der Waals surface area contributed by atoms with E-state index in [9.17, 15) is 4.79 Å². The molecule has 0 spiro atoms. The van der Waals surface area contributed by atoms with E-state index in [1.165, 1.54) is 0 Å². The molecule has 0 radical (unpaired) electrons. The number of halogens is 1. The van der Waals surface area contributed by atoms with Crippen LogP contribution in [0.1, 0.15) is 37.0 Å². The van der Waals surface area contributed by atoms with Crippen molar-refractivity contribution in [3.63, 3.8) is 0 Å². The Labute approximate surface area is 144 Å². The summed E-state index contributed by atoms with van der Waals surface area (Å²) in [6.07, 6.45) is 2.27. The first-order valence-corrected chi connectivity index (χ1v) is 8.32. The molecule has 1 aromatic rings. The Bertz CT molecular complexity index is 550. The van der Waals surface area contributed by atoms with Crippen LogP contribution in [0.4, 0.5) is 0 Å². The summed E-state index contributed by atoms with van der Waals surface area (Å²) in [6, 6.07) is 7.81. The van der Waals surface area contributed by atoms with Gasteiger partial charge in [-0.25, -0.2) is 0 Å². The highest BCUT2D eigenvalue weighted by Gasteiger charge is 2.42. The Morgan fingerprint density at radius 1 is 1.35 bits per heavy atom. The Hall–Kier alpha value is -1.26. The molecule has 3 unspecified atom stereocenters. The van der Waals surface area contributed by atoms with E-state index in [0.29, 0.717) is 24.4 Å². The number of benzene rings is 1. The molecule has 2 aliphatic rings. The zero-order chi connectivity index (χ0) is 15.7. The average Bonchev–Trinajstić information content (AvgIpc) is 3.07. The standard InChI is InChI=1S/C18H26N2O2.ClH/c1-12(2)11-22-15-5-3-4-13(8-15)18(21)20-9-14-6-7-17(19)16(14)10-20;/h3-5,8,12,14,16-17H,6-7,9-11,19H2,1-2H3;1H. The van der Waals surface area contributed by atoms with Crippen LogP contribution in [0.3, 0.4) is 0 Å². The smallest absolute Gasteiger partial charge is 0.254 e. The van der Waals surface area contributed by atoms with Crippen LogP contribution in [-0.2, 0) is 0 Å². The third kappa shape index (κ3) is 3.99. The number of ether oxygens (including phenoxy) is 1. The van der Waals surface area contributed by atoms with E-state index in [-0.39, 0.29) is 24.4 Å². The van der Waals surface area contributed by atoms with Crippen molar-refractivity contribution in [1.82, 2.24) is 4.90 Å². The third-order valence-corrected chi connectivity index (χ3v) is 4.86. The van der Waals surface area contributed by atoms with Crippen LogP contribution in [0, 0.1) is 17.8 Å². The number of fused-ring (bicyclic) bond motifs is 1. The summed E-state index contributed by atoms with van der Waals surface area (Å²) in [7, 11) is 0. The van der Waals surface area contributed by atoms with Crippen molar-refractivity contribution in [2.24, 2.45) is 23.5 Å². The fourth-order valence-corrected chi connectivity index (χ4v) is 3.64. The topological polar surface area (TPSA) is 55.6 Å². The molecular weight excluding hydrogens is 312 g/mol. The van der Waals surface area contributed by atoms with E-state index in [1.807, 2.05) is 29.2 Å². The highest BCUT2D eigenvalue weighted by Crippen LogP contribution is 2.37. The minimum Gasteiger partial charge on any atom is -0.493 e. The molecular formula is C18H27ClN2O2. The number of hydrogen-bond acceptors (Lipinski definition) is 3. The van der Waals surface area contributed by atoms with Crippen LogP contribution in [0.15, 0.2) is 24.3 Å². The van der Waals surface area contributed by atoms with Gasteiger partial charge >= 0.3 is 0 Å². The fourth-order valence-electron chi connectivity index (χ4n) is 3.64. The Kier molecular flexibility index (Phi) is 5.93. The molecule has 1 aliphatic heterocycles. The van der Waals surface area contributed by atoms with Gasteiger partial charge in [-0.05, 0) is 48.8 Å². The normalized spacial score (nSPS) is 26.1. The molecule has 3 rings (SSSR count). The highest BCUT2D eigenvalue weighted by molar-refractivity contribution is 5.94. The fraction of sp³-hybridized carbons (Fsp3) is 0.611. The molecule has 128 valence electrons. The highest BCUT2D eigenvalue weighted by atomic mass is 35.5. The van der Waals surface area contributed by atoms with Crippen LogP contribution < -0.4 is 10.5 Å². The quantitative estimate of drug-likeness (QED) is 0.918. The zero-order valence-corrected chi connectivity index (χ0v) is 14.7. The molecule has 5 heteroatoms. The molecule has 3 atom stereocenters. The Morgan fingerprint density at radius 2 is 2.13 bits per heavy atom. The second-order valence-corrected chi connectivity index (χ2v) is 7.11. The summed E-state index contributed by atoms with van der Waals surface area (Å²) in [5.41, 5.74) is 6.87. The van der Waals surface area contributed by atoms with Crippen molar-refractivity contribution >= 4 is 18.3 Å². The maximum atomic E-state index is 12.7. The lowest BCUT2D eigenvalue weighted by molar-refractivity contribution is 0.0779. The van der Waals surface area contributed by atoms with Crippen LogP contribution in [0.25, 0.3) is 0 Å². The summed E-state index contributed by atoms with van der Waals surface area (Å²) in [4.78, 5) is 14.7. The Balaban J connectivity index is 0.00000192. The minimum absolute atomic E-state index is 0. The van der Waals surface area contributed by atoms with Gasteiger partial charge in [0.05, 0.1) is 6.61 Å². The maximum Gasteiger partial charge on any atom is 0.254 e. The summed E-state index contributed by atoms with van der Waals surface area (Å²) in [5.74, 6) is 2.44. The summed E-state index contributed by atoms with van der Waals surface area (Å²) >= 11 is 0. The number of nitrogens with two attached hydrogens (primary N) is 1. The molecule has 2 fully saturated rings. The van der Waals surface area contributed by atoms with Gasteiger partial charge in [-0.15, -0.1) is 12.4 Å². The SMILES string of the molecule is CC(C)COc1cccc(C(=O)N2CC3CCC(N)C3C2)c1.Cl. The maximum absolute atomic E-state index is 12.7. The first kappa shape index (κ1) is 18.1. The number of amides is 1. The predicted octanol–water partition coefficient (Wildman–Crippen LogP) is 2.95. The second kappa shape index (κ2) is 7.54. The molecule has 23 heavy (non-hydrogen) atoms. The van der Waals surface area contributed by atoms with Crippen LogP contribution in [0.5, 0.6) is 5.75 Å². The van der Waals surface area contributed by atoms with Crippen molar-refractivity contribution in [2.45, 2.75) is 32.7 Å². The zero-order valence-electron chi connectivity index (χ0n) is 13.9. The van der Waals surface area contributed by atoms with Crippen molar-refractivity contribution in [1.29, 1.82) is 0 Å². The van der Waals surface area contributed by atoms with Gasteiger partial charge in [0.1, 0.15) is 5.75 Å². The number of carbonyl (C=O) groups is 1.